The lowest BCUT2D eigenvalue weighted by Gasteiger charge is -2.29. The molecular weight excluding hydrogens is 350 g/mol. The van der Waals surface area contributed by atoms with Gasteiger partial charge in [0.2, 0.25) is 5.91 Å². The Morgan fingerprint density at radius 1 is 0.929 bits per heavy atom. The molecule has 6 fully saturated rings. The summed E-state index contributed by atoms with van der Waals surface area (Å²) in [6.07, 6.45) is 7.51. The summed E-state index contributed by atoms with van der Waals surface area (Å²) >= 11 is 0. The summed E-state index contributed by atoms with van der Waals surface area (Å²) in [5.74, 6) is 5.28. The second-order valence-corrected chi connectivity index (χ2v) is 10.7. The van der Waals surface area contributed by atoms with Gasteiger partial charge < -0.3 is 14.4 Å². The monoisotopic (exact) mass is 379 g/mol. The normalized spacial score (nSPS) is 43.5. The first-order chi connectivity index (χ1) is 13.5. The molecule has 5 heteroatoms. The third-order valence-electron chi connectivity index (χ3n) is 9.34. The number of fused-ring (bicyclic) bond motifs is 10. The Morgan fingerprint density at radius 3 is 2.14 bits per heavy atom. The highest BCUT2D eigenvalue weighted by Gasteiger charge is 2.62. The third-order valence-corrected chi connectivity index (χ3v) is 9.34. The third kappa shape index (κ3) is 1.93. The fourth-order valence-corrected chi connectivity index (χ4v) is 7.92. The lowest BCUT2D eigenvalue weighted by atomic mass is 10.0. The summed E-state index contributed by atoms with van der Waals surface area (Å²) < 4.78 is 2.03. The van der Waals surface area contributed by atoms with Crippen molar-refractivity contribution in [2.24, 2.45) is 42.6 Å². The Hall–Kier alpha value is -1.78. The van der Waals surface area contributed by atoms with E-state index < -0.39 is 0 Å². The van der Waals surface area contributed by atoms with Gasteiger partial charge in [-0.05, 0) is 73.7 Å². The van der Waals surface area contributed by atoms with Crippen molar-refractivity contribution in [3.05, 3.63) is 23.0 Å². The molecular formula is C23H29N3O2. The maximum atomic E-state index is 13.5. The van der Waals surface area contributed by atoms with Crippen LogP contribution in [0.3, 0.4) is 0 Å². The van der Waals surface area contributed by atoms with E-state index in [0.29, 0.717) is 18.5 Å². The Kier molecular flexibility index (Phi) is 2.89. The molecule has 2 aliphatic heterocycles. The number of hydrogen-bond donors (Lipinski definition) is 0. The molecule has 0 aromatic carbocycles. The second kappa shape index (κ2) is 5.03. The van der Waals surface area contributed by atoms with Crippen LogP contribution in [0.5, 0.6) is 0 Å². The average molecular weight is 380 g/mol. The summed E-state index contributed by atoms with van der Waals surface area (Å²) in [5, 5.41) is 0. The SMILES string of the molecule is Cc1cn(C)c(CC(=O)N2C[C@@H]3C[C@H]2[C@H]2C[C@@H]32)c1C(=O)N1C[C@@H]2C[C@H]1[C@H]1C[C@@H]21. The molecule has 8 atom stereocenters. The number of amides is 2. The van der Waals surface area contributed by atoms with E-state index in [1.807, 2.05) is 24.7 Å². The van der Waals surface area contributed by atoms with Gasteiger partial charge >= 0.3 is 0 Å². The molecule has 4 bridgehead atoms. The van der Waals surface area contributed by atoms with Crippen molar-refractivity contribution in [3.8, 4) is 0 Å². The molecule has 4 aliphatic carbocycles. The molecule has 2 saturated heterocycles. The number of aryl methyl sites for hydroxylation is 2. The lowest BCUT2D eigenvalue weighted by molar-refractivity contribution is -0.132. The van der Waals surface area contributed by atoms with Gasteiger partial charge in [-0.15, -0.1) is 0 Å². The first kappa shape index (κ1) is 16.1. The van der Waals surface area contributed by atoms with E-state index in [4.69, 9.17) is 0 Å². The maximum absolute atomic E-state index is 13.5. The van der Waals surface area contributed by atoms with Crippen LogP contribution in [0.25, 0.3) is 0 Å². The zero-order valence-electron chi connectivity index (χ0n) is 16.8. The molecule has 1 aromatic heterocycles. The fourth-order valence-electron chi connectivity index (χ4n) is 7.92. The number of carbonyl (C=O) groups is 2. The molecule has 5 nitrogen and oxygen atoms in total. The Bertz CT molecular complexity index is 919. The van der Waals surface area contributed by atoms with Gasteiger partial charge in [0.05, 0.1) is 12.0 Å². The summed E-state index contributed by atoms with van der Waals surface area (Å²) in [5.41, 5.74) is 2.77. The summed E-state index contributed by atoms with van der Waals surface area (Å²) in [4.78, 5) is 31.0. The summed E-state index contributed by atoms with van der Waals surface area (Å²) in [7, 11) is 1.99. The number of hydrogen-bond acceptors (Lipinski definition) is 2. The molecule has 0 spiro atoms. The predicted molar refractivity (Wildman–Crippen MR) is 104 cm³/mol. The molecule has 7 rings (SSSR count). The molecule has 3 heterocycles. The van der Waals surface area contributed by atoms with Gasteiger partial charge in [0.25, 0.3) is 5.91 Å². The highest BCUT2D eigenvalue weighted by molar-refractivity contribution is 5.99. The largest absolute Gasteiger partial charge is 0.353 e. The Labute approximate surface area is 166 Å². The molecule has 6 aliphatic rings. The number of carbonyl (C=O) groups excluding carboxylic acids is 2. The molecule has 0 radical (unpaired) electrons. The van der Waals surface area contributed by atoms with Crippen LogP contribution < -0.4 is 0 Å². The van der Waals surface area contributed by atoms with Gasteiger partial charge in [0.15, 0.2) is 0 Å². The van der Waals surface area contributed by atoms with Crippen LogP contribution in [0.4, 0.5) is 0 Å². The van der Waals surface area contributed by atoms with Gasteiger partial charge in [-0.25, -0.2) is 0 Å². The molecule has 0 N–H and O–H groups in total. The smallest absolute Gasteiger partial charge is 0.256 e. The van der Waals surface area contributed by atoms with Crippen molar-refractivity contribution < 1.29 is 9.59 Å². The van der Waals surface area contributed by atoms with Gasteiger partial charge in [-0.1, -0.05) is 0 Å². The van der Waals surface area contributed by atoms with Crippen molar-refractivity contribution >= 4 is 11.8 Å². The van der Waals surface area contributed by atoms with Crippen LogP contribution in [0.1, 0.15) is 47.3 Å². The molecule has 148 valence electrons. The Morgan fingerprint density at radius 2 is 1.54 bits per heavy atom. The maximum Gasteiger partial charge on any atom is 0.256 e. The van der Waals surface area contributed by atoms with Crippen LogP contribution in [0, 0.1) is 42.4 Å². The lowest BCUT2D eigenvalue weighted by Crippen LogP contribution is -2.41. The van der Waals surface area contributed by atoms with Crippen molar-refractivity contribution in [2.45, 2.75) is 51.1 Å². The Balaban J connectivity index is 1.16. The van der Waals surface area contributed by atoms with Crippen LogP contribution in [0.15, 0.2) is 6.20 Å². The number of nitrogens with zero attached hydrogens (tertiary/aromatic N) is 3. The van der Waals surface area contributed by atoms with Gasteiger partial charge in [0, 0.05) is 44.1 Å². The van der Waals surface area contributed by atoms with Crippen molar-refractivity contribution in [2.75, 3.05) is 13.1 Å². The first-order valence-corrected chi connectivity index (χ1v) is 11.3. The minimum Gasteiger partial charge on any atom is -0.353 e. The van der Waals surface area contributed by atoms with E-state index in [2.05, 4.69) is 9.80 Å². The van der Waals surface area contributed by atoms with E-state index in [-0.39, 0.29) is 11.8 Å². The minimum atomic E-state index is 0.184. The van der Waals surface area contributed by atoms with Crippen LogP contribution in [0.2, 0.25) is 0 Å². The van der Waals surface area contributed by atoms with Gasteiger partial charge in [0.1, 0.15) is 0 Å². The molecule has 28 heavy (non-hydrogen) atoms. The number of likely N-dealkylation sites (tertiary alicyclic amines) is 2. The quantitative estimate of drug-likeness (QED) is 0.808. The van der Waals surface area contributed by atoms with Crippen molar-refractivity contribution in [1.82, 2.24) is 14.4 Å². The predicted octanol–water partition coefficient (Wildman–Crippen LogP) is 2.22. The zero-order chi connectivity index (χ0) is 18.9. The van der Waals surface area contributed by atoms with Crippen LogP contribution >= 0.6 is 0 Å². The number of aromatic nitrogens is 1. The van der Waals surface area contributed by atoms with E-state index in [9.17, 15) is 9.59 Å². The first-order valence-electron chi connectivity index (χ1n) is 11.3. The van der Waals surface area contributed by atoms with E-state index in [1.165, 1.54) is 25.7 Å². The van der Waals surface area contributed by atoms with Crippen molar-refractivity contribution in [1.29, 1.82) is 0 Å². The number of piperidine rings is 2. The topological polar surface area (TPSA) is 45.6 Å². The molecule has 4 saturated carbocycles. The summed E-state index contributed by atoms with van der Waals surface area (Å²) in [6.45, 7) is 3.92. The second-order valence-electron chi connectivity index (χ2n) is 10.7. The van der Waals surface area contributed by atoms with E-state index in [1.54, 1.807) is 0 Å². The van der Waals surface area contributed by atoms with Crippen LogP contribution in [-0.4, -0.2) is 51.4 Å². The van der Waals surface area contributed by atoms with Crippen LogP contribution in [-0.2, 0) is 18.3 Å². The minimum absolute atomic E-state index is 0.184. The number of rotatable bonds is 3. The van der Waals surface area contributed by atoms with Gasteiger partial charge in [-0.2, -0.15) is 0 Å². The van der Waals surface area contributed by atoms with Crippen molar-refractivity contribution in [3.63, 3.8) is 0 Å². The van der Waals surface area contributed by atoms with Gasteiger partial charge in [-0.3, -0.25) is 9.59 Å². The highest BCUT2D eigenvalue weighted by Crippen LogP contribution is 2.62. The average Bonchev–Trinajstić information content (AvgIpc) is 3.45. The molecule has 0 unspecified atom stereocenters. The molecule has 1 aromatic rings. The highest BCUT2D eigenvalue weighted by atomic mass is 16.2. The summed E-state index contributed by atoms with van der Waals surface area (Å²) in [6, 6.07) is 0.955. The fraction of sp³-hybridized carbons (Fsp3) is 0.739. The standard InChI is InChI=1S/C23H29N3O2/c1-11-8-24(2)20(7-21(27)25-9-12-3-18(25)16-5-14(12)16)22(11)23(28)26-10-13-4-19(26)17-6-15(13)17/h8,12-19H,3-7,9-10H2,1-2H3/t12-,13-,14-,15-,16-,17-,18-,19-/m0/s1. The molecule has 2 amide bonds. The van der Waals surface area contributed by atoms with E-state index in [0.717, 1.165) is 65.4 Å². The van der Waals surface area contributed by atoms with E-state index >= 15 is 0 Å². The zero-order valence-corrected chi connectivity index (χ0v) is 16.8.